The summed E-state index contributed by atoms with van der Waals surface area (Å²) >= 11 is 0. The van der Waals surface area contributed by atoms with E-state index < -0.39 is 6.04 Å². The largest absolute Gasteiger partial charge is 0.505 e. The smallest absolute Gasteiger partial charge is 0.146 e. The predicted molar refractivity (Wildman–Crippen MR) is 101 cm³/mol. The first kappa shape index (κ1) is 17.8. The van der Waals surface area contributed by atoms with Crippen LogP contribution in [0.15, 0.2) is 48.8 Å². The highest BCUT2D eigenvalue weighted by molar-refractivity contribution is 5.85. The fourth-order valence-electron chi connectivity index (χ4n) is 3.85. The van der Waals surface area contributed by atoms with E-state index in [-0.39, 0.29) is 17.7 Å². The minimum absolute atomic E-state index is 0.0806. The molecular weight excluding hydrogens is 345 g/mol. The first-order chi connectivity index (χ1) is 13.2. The van der Waals surface area contributed by atoms with E-state index in [9.17, 15) is 9.50 Å². The maximum Gasteiger partial charge on any atom is 0.146 e. The zero-order valence-electron chi connectivity index (χ0n) is 15.2. The number of rotatable bonds is 4. The quantitative estimate of drug-likeness (QED) is 0.762. The van der Waals surface area contributed by atoms with E-state index in [0.29, 0.717) is 16.8 Å². The number of pyridine rings is 2. The number of hydrogen-bond donors (Lipinski definition) is 1. The van der Waals surface area contributed by atoms with Gasteiger partial charge in [-0.1, -0.05) is 18.2 Å². The standard InChI is InChI=1S/C21H22FN3O2/c1-27-15-8-12-25(13-9-15)20(19-17(22)5-3-11-24-19)16-7-6-14-4-2-10-23-18(14)21(16)26/h2-7,10-11,15,20,26H,8-9,12-13H2,1H3. The number of piperidine rings is 1. The van der Waals surface area contributed by atoms with Crippen LogP contribution in [0, 0.1) is 5.82 Å². The Hall–Kier alpha value is -2.57. The predicted octanol–water partition coefficient (Wildman–Crippen LogP) is 3.67. The number of fused-ring (bicyclic) bond motifs is 1. The normalized spacial score (nSPS) is 17.3. The lowest BCUT2D eigenvalue weighted by atomic mass is 9.95. The third-order valence-electron chi connectivity index (χ3n) is 5.29. The van der Waals surface area contributed by atoms with Gasteiger partial charge in [0.05, 0.1) is 17.8 Å². The molecule has 1 unspecified atom stereocenters. The zero-order valence-corrected chi connectivity index (χ0v) is 15.2. The first-order valence-electron chi connectivity index (χ1n) is 9.13. The van der Waals surface area contributed by atoms with E-state index in [2.05, 4.69) is 14.9 Å². The van der Waals surface area contributed by atoms with Crippen LogP contribution in [0.5, 0.6) is 5.75 Å². The van der Waals surface area contributed by atoms with Gasteiger partial charge in [0.15, 0.2) is 0 Å². The van der Waals surface area contributed by atoms with Crippen molar-refractivity contribution in [1.29, 1.82) is 0 Å². The van der Waals surface area contributed by atoms with Gasteiger partial charge in [0.1, 0.15) is 17.1 Å². The van der Waals surface area contributed by atoms with Crippen molar-refractivity contribution in [3.05, 3.63) is 65.9 Å². The second-order valence-corrected chi connectivity index (χ2v) is 6.82. The fourth-order valence-corrected chi connectivity index (χ4v) is 3.85. The summed E-state index contributed by atoms with van der Waals surface area (Å²) in [6.45, 7) is 1.47. The van der Waals surface area contributed by atoms with Crippen LogP contribution in [-0.2, 0) is 4.74 Å². The maximum absolute atomic E-state index is 14.7. The summed E-state index contributed by atoms with van der Waals surface area (Å²) in [6, 6.07) is 9.99. The number of phenolic OH excluding ortho intramolecular Hbond substituents is 1. The van der Waals surface area contributed by atoms with Crippen LogP contribution in [0.3, 0.4) is 0 Å². The van der Waals surface area contributed by atoms with E-state index in [1.54, 1.807) is 25.6 Å². The van der Waals surface area contributed by atoms with Gasteiger partial charge in [0, 0.05) is 43.5 Å². The van der Waals surface area contributed by atoms with Gasteiger partial charge < -0.3 is 9.84 Å². The van der Waals surface area contributed by atoms with Gasteiger partial charge >= 0.3 is 0 Å². The first-order valence-corrected chi connectivity index (χ1v) is 9.13. The van der Waals surface area contributed by atoms with Gasteiger partial charge in [-0.05, 0) is 31.0 Å². The molecule has 0 aliphatic carbocycles. The van der Waals surface area contributed by atoms with Gasteiger partial charge in [0.25, 0.3) is 0 Å². The summed E-state index contributed by atoms with van der Waals surface area (Å²) < 4.78 is 20.1. The third-order valence-corrected chi connectivity index (χ3v) is 5.29. The van der Waals surface area contributed by atoms with Crippen molar-refractivity contribution in [3.8, 4) is 5.75 Å². The number of likely N-dealkylation sites (tertiary alicyclic amines) is 1. The highest BCUT2D eigenvalue weighted by Gasteiger charge is 2.32. The fraction of sp³-hybridized carbons (Fsp3) is 0.333. The molecule has 0 amide bonds. The summed E-state index contributed by atoms with van der Waals surface area (Å²) in [6.07, 6.45) is 5.15. The van der Waals surface area contributed by atoms with Crippen molar-refractivity contribution in [2.45, 2.75) is 25.0 Å². The molecule has 1 N–H and O–H groups in total. The molecule has 0 radical (unpaired) electrons. The van der Waals surface area contributed by atoms with Gasteiger partial charge in [-0.15, -0.1) is 0 Å². The Morgan fingerprint density at radius 2 is 1.85 bits per heavy atom. The highest BCUT2D eigenvalue weighted by Crippen LogP contribution is 2.39. The van der Waals surface area contributed by atoms with Crippen molar-refractivity contribution in [1.82, 2.24) is 14.9 Å². The van der Waals surface area contributed by atoms with Crippen molar-refractivity contribution >= 4 is 10.9 Å². The maximum atomic E-state index is 14.7. The van der Waals surface area contributed by atoms with Crippen LogP contribution in [0.1, 0.15) is 30.1 Å². The number of benzene rings is 1. The van der Waals surface area contributed by atoms with Crippen molar-refractivity contribution in [2.24, 2.45) is 0 Å². The van der Waals surface area contributed by atoms with E-state index in [4.69, 9.17) is 4.74 Å². The van der Waals surface area contributed by atoms with Crippen LogP contribution < -0.4 is 0 Å². The number of hydrogen-bond acceptors (Lipinski definition) is 5. The van der Waals surface area contributed by atoms with Crippen LogP contribution in [0.4, 0.5) is 4.39 Å². The molecule has 27 heavy (non-hydrogen) atoms. The highest BCUT2D eigenvalue weighted by atomic mass is 19.1. The van der Waals surface area contributed by atoms with E-state index >= 15 is 0 Å². The summed E-state index contributed by atoms with van der Waals surface area (Å²) in [7, 11) is 1.72. The van der Waals surface area contributed by atoms with Crippen LogP contribution >= 0.6 is 0 Å². The molecule has 4 rings (SSSR count). The Kier molecular flexibility index (Phi) is 5.01. The Morgan fingerprint density at radius 3 is 2.59 bits per heavy atom. The number of aromatic nitrogens is 2. The number of halogens is 1. The molecule has 6 heteroatoms. The molecule has 0 spiro atoms. The minimum Gasteiger partial charge on any atom is -0.505 e. The van der Waals surface area contributed by atoms with Crippen molar-refractivity contribution in [2.75, 3.05) is 20.2 Å². The number of nitrogens with zero attached hydrogens (tertiary/aromatic N) is 3. The van der Waals surface area contributed by atoms with Crippen LogP contribution in [0.2, 0.25) is 0 Å². The SMILES string of the molecule is COC1CCN(C(c2ccc3cccnc3c2O)c2ncccc2F)CC1. The molecule has 1 aliphatic heterocycles. The Bertz CT molecular complexity index is 942. The lowest BCUT2D eigenvalue weighted by Crippen LogP contribution is -2.40. The molecule has 1 aliphatic rings. The van der Waals surface area contributed by atoms with Gasteiger partial charge in [-0.3, -0.25) is 14.9 Å². The lowest BCUT2D eigenvalue weighted by Gasteiger charge is -2.37. The summed E-state index contributed by atoms with van der Waals surface area (Å²) in [5.74, 6) is -0.297. The van der Waals surface area contributed by atoms with E-state index in [0.717, 1.165) is 31.3 Å². The molecule has 1 fully saturated rings. The second kappa shape index (κ2) is 7.58. The third kappa shape index (κ3) is 3.38. The Balaban J connectivity index is 1.81. The van der Waals surface area contributed by atoms with Crippen LogP contribution in [-0.4, -0.2) is 46.3 Å². The average Bonchev–Trinajstić information content (AvgIpc) is 2.72. The average molecular weight is 367 g/mol. The number of methoxy groups -OCH3 is 1. The molecule has 1 aromatic carbocycles. The number of ether oxygens (including phenoxy) is 1. The summed E-state index contributed by atoms with van der Waals surface area (Å²) in [5.41, 5.74) is 1.46. The minimum atomic E-state index is -0.476. The second-order valence-electron chi connectivity index (χ2n) is 6.82. The van der Waals surface area contributed by atoms with Crippen LogP contribution in [0.25, 0.3) is 10.9 Å². The molecular formula is C21H22FN3O2. The van der Waals surface area contributed by atoms with E-state index in [1.807, 2.05) is 24.3 Å². The molecule has 5 nitrogen and oxygen atoms in total. The molecule has 2 aromatic heterocycles. The van der Waals surface area contributed by atoms with E-state index in [1.165, 1.54) is 6.07 Å². The Labute approximate surface area is 157 Å². The topological polar surface area (TPSA) is 58.5 Å². The monoisotopic (exact) mass is 367 g/mol. The number of phenols is 1. The van der Waals surface area contributed by atoms with Gasteiger partial charge in [-0.25, -0.2) is 4.39 Å². The lowest BCUT2D eigenvalue weighted by molar-refractivity contribution is 0.0310. The molecule has 3 heterocycles. The Morgan fingerprint density at radius 1 is 1.11 bits per heavy atom. The molecule has 1 saturated heterocycles. The summed E-state index contributed by atoms with van der Waals surface area (Å²) in [5, 5.41) is 11.8. The molecule has 0 bridgehead atoms. The van der Waals surface area contributed by atoms with Crippen molar-refractivity contribution in [3.63, 3.8) is 0 Å². The summed E-state index contributed by atoms with van der Waals surface area (Å²) in [4.78, 5) is 10.8. The molecule has 3 aromatic rings. The van der Waals surface area contributed by atoms with Gasteiger partial charge in [0.2, 0.25) is 0 Å². The molecule has 140 valence electrons. The number of aromatic hydroxyl groups is 1. The molecule has 0 saturated carbocycles. The van der Waals surface area contributed by atoms with Gasteiger partial charge in [-0.2, -0.15) is 0 Å². The van der Waals surface area contributed by atoms with Crippen molar-refractivity contribution < 1.29 is 14.2 Å². The molecule has 1 atom stereocenters. The zero-order chi connectivity index (χ0) is 18.8.